The van der Waals surface area contributed by atoms with Crippen LogP contribution in [0.4, 0.5) is 11.6 Å². The lowest BCUT2D eigenvalue weighted by atomic mass is 9.89. The van der Waals surface area contributed by atoms with Crippen molar-refractivity contribution < 1.29 is 0 Å². The third-order valence-electron chi connectivity index (χ3n) is 3.74. The van der Waals surface area contributed by atoms with E-state index in [2.05, 4.69) is 34.0 Å². The molecule has 0 radical (unpaired) electrons. The highest BCUT2D eigenvalue weighted by Gasteiger charge is 2.23. The highest BCUT2D eigenvalue weighted by Crippen LogP contribution is 2.26. The number of anilines is 2. The van der Waals surface area contributed by atoms with Crippen LogP contribution in [-0.4, -0.2) is 30.1 Å². The Hall–Kier alpha value is -1.32. The van der Waals surface area contributed by atoms with Crippen molar-refractivity contribution in [3.05, 3.63) is 11.9 Å². The van der Waals surface area contributed by atoms with Crippen molar-refractivity contribution in [3.8, 4) is 0 Å². The molecule has 1 aromatic rings. The second-order valence-electron chi connectivity index (χ2n) is 5.10. The van der Waals surface area contributed by atoms with Crippen LogP contribution in [0.1, 0.15) is 26.1 Å². The first kappa shape index (κ1) is 12.1. The van der Waals surface area contributed by atoms with Gasteiger partial charge in [0.15, 0.2) is 0 Å². The third kappa shape index (κ3) is 2.68. The predicted octanol–water partition coefficient (Wildman–Crippen LogP) is 2.31. The zero-order valence-electron chi connectivity index (χ0n) is 11.2. The molecule has 2 heterocycles. The molecular weight excluding hydrogens is 212 g/mol. The summed E-state index contributed by atoms with van der Waals surface area (Å²) in [4.78, 5) is 11.2. The molecule has 0 aromatic carbocycles. The van der Waals surface area contributed by atoms with E-state index in [0.717, 1.165) is 42.4 Å². The number of nitrogens with one attached hydrogen (secondary N) is 1. The average Bonchev–Trinajstić information content (AvgIpc) is 2.32. The van der Waals surface area contributed by atoms with E-state index in [4.69, 9.17) is 0 Å². The van der Waals surface area contributed by atoms with Gasteiger partial charge in [-0.1, -0.05) is 13.8 Å². The second-order valence-corrected chi connectivity index (χ2v) is 5.10. The van der Waals surface area contributed by atoms with Crippen LogP contribution in [0.25, 0.3) is 0 Å². The summed E-state index contributed by atoms with van der Waals surface area (Å²) in [5.41, 5.74) is 0. The number of aromatic nitrogens is 2. The van der Waals surface area contributed by atoms with Gasteiger partial charge in [-0.25, -0.2) is 9.97 Å². The van der Waals surface area contributed by atoms with E-state index in [1.54, 1.807) is 0 Å². The van der Waals surface area contributed by atoms with Crippen LogP contribution < -0.4 is 10.2 Å². The minimum absolute atomic E-state index is 0.733. The predicted molar refractivity (Wildman–Crippen MR) is 71.5 cm³/mol. The number of piperidine rings is 1. The lowest BCUT2D eigenvalue weighted by Crippen LogP contribution is -2.39. The molecule has 1 saturated heterocycles. The molecule has 0 saturated carbocycles. The number of aryl methyl sites for hydroxylation is 1. The topological polar surface area (TPSA) is 41.0 Å². The van der Waals surface area contributed by atoms with E-state index in [9.17, 15) is 0 Å². The van der Waals surface area contributed by atoms with E-state index < -0.39 is 0 Å². The zero-order valence-corrected chi connectivity index (χ0v) is 11.2. The standard InChI is InChI=1S/C13H22N4/c1-9-5-6-17(8-10(9)2)13-7-12(14-4)15-11(3)16-13/h7,9-10H,5-6,8H2,1-4H3,(H,14,15,16). The van der Waals surface area contributed by atoms with Gasteiger partial charge in [0.2, 0.25) is 0 Å². The molecule has 4 heteroatoms. The van der Waals surface area contributed by atoms with Crippen LogP contribution in [0.5, 0.6) is 0 Å². The number of rotatable bonds is 2. The first-order chi connectivity index (χ1) is 8.10. The van der Waals surface area contributed by atoms with Gasteiger partial charge >= 0.3 is 0 Å². The maximum atomic E-state index is 4.54. The monoisotopic (exact) mass is 234 g/mol. The first-order valence-corrected chi connectivity index (χ1v) is 6.38. The molecule has 1 aliphatic heterocycles. The molecule has 0 bridgehead atoms. The maximum absolute atomic E-state index is 4.54. The second kappa shape index (κ2) is 4.90. The lowest BCUT2D eigenvalue weighted by molar-refractivity contribution is 0.322. The maximum Gasteiger partial charge on any atom is 0.134 e. The zero-order chi connectivity index (χ0) is 12.4. The van der Waals surface area contributed by atoms with Gasteiger partial charge in [0.25, 0.3) is 0 Å². The van der Waals surface area contributed by atoms with Gasteiger partial charge in [-0.3, -0.25) is 0 Å². The lowest BCUT2D eigenvalue weighted by Gasteiger charge is -2.36. The smallest absolute Gasteiger partial charge is 0.134 e. The van der Waals surface area contributed by atoms with Gasteiger partial charge in [-0.05, 0) is 25.2 Å². The molecule has 1 aromatic heterocycles. The summed E-state index contributed by atoms with van der Waals surface area (Å²) in [6.07, 6.45) is 1.25. The Morgan fingerprint density at radius 1 is 1.29 bits per heavy atom. The molecule has 17 heavy (non-hydrogen) atoms. The van der Waals surface area contributed by atoms with Crippen LogP contribution in [0.15, 0.2) is 6.07 Å². The van der Waals surface area contributed by atoms with Crippen molar-refractivity contribution in [2.75, 3.05) is 30.4 Å². The molecule has 2 unspecified atom stereocenters. The average molecular weight is 234 g/mol. The van der Waals surface area contributed by atoms with E-state index in [0.29, 0.717) is 0 Å². The molecule has 1 N–H and O–H groups in total. The van der Waals surface area contributed by atoms with Crippen LogP contribution in [-0.2, 0) is 0 Å². The quantitative estimate of drug-likeness (QED) is 0.852. The fourth-order valence-electron chi connectivity index (χ4n) is 2.31. The molecule has 0 aliphatic carbocycles. The van der Waals surface area contributed by atoms with E-state index in [1.165, 1.54) is 6.42 Å². The Morgan fingerprint density at radius 3 is 2.71 bits per heavy atom. The molecular formula is C13H22N4. The summed E-state index contributed by atoms with van der Waals surface area (Å²) < 4.78 is 0. The van der Waals surface area contributed by atoms with Gasteiger partial charge in [-0.15, -0.1) is 0 Å². The van der Waals surface area contributed by atoms with Crippen molar-refractivity contribution >= 4 is 11.6 Å². The van der Waals surface area contributed by atoms with Crippen molar-refractivity contribution in [2.24, 2.45) is 11.8 Å². The Morgan fingerprint density at radius 2 is 2.06 bits per heavy atom. The highest BCUT2D eigenvalue weighted by atomic mass is 15.2. The van der Waals surface area contributed by atoms with E-state index in [1.807, 2.05) is 20.0 Å². The summed E-state index contributed by atoms with van der Waals surface area (Å²) in [7, 11) is 1.90. The Balaban J connectivity index is 2.19. The van der Waals surface area contributed by atoms with Crippen molar-refractivity contribution in [1.29, 1.82) is 0 Å². The summed E-state index contributed by atoms with van der Waals surface area (Å²) in [6, 6.07) is 2.04. The Labute approximate surface area is 103 Å². The van der Waals surface area contributed by atoms with Crippen LogP contribution in [0.3, 0.4) is 0 Å². The molecule has 2 atom stereocenters. The minimum atomic E-state index is 0.733. The number of hydrogen-bond acceptors (Lipinski definition) is 4. The SMILES string of the molecule is CNc1cc(N2CCC(C)C(C)C2)nc(C)n1. The molecule has 0 amide bonds. The molecule has 94 valence electrons. The molecule has 4 nitrogen and oxygen atoms in total. The van der Waals surface area contributed by atoms with E-state index in [-0.39, 0.29) is 0 Å². The summed E-state index contributed by atoms with van der Waals surface area (Å²) >= 11 is 0. The highest BCUT2D eigenvalue weighted by molar-refractivity contribution is 5.49. The van der Waals surface area contributed by atoms with Gasteiger partial charge < -0.3 is 10.2 Å². The van der Waals surface area contributed by atoms with Gasteiger partial charge in [0.1, 0.15) is 17.5 Å². The summed E-state index contributed by atoms with van der Waals surface area (Å²) in [5, 5.41) is 3.09. The summed E-state index contributed by atoms with van der Waals surface area (Å²) in [5.74, 6) is 4.34. The Kier molecular flexibility index (Phi) is 3.50. The molecule has 1 fully saturated rings. The summed E-state index contributed by atoms with van der Waals surface area (Å²) in [6.45, 7) is 8.81. The van der Waals surface area contributed by atoms with Crippen molar-refractivity contribution in [3.63, 3.8) is 0 Å². The minimum Gasteiger partial charge on any atom is -0.373 e. The fourth-order valence-corrected chi connectivity index (χ4v) is 2.31. The van der Waals surface area contributed by atoms with E-state index >= 15 is 0 Å². The van der Waals surface area contributed by atoms with Crippen molar-refractivity contribution in [1.82, 2.24) is 9.97 Å². The van der Waals surface area contributed by atoms with Gasteiger partial charge in [0.05, 0.1) is 0 Å². The van der Waals surface area contributed by atoms with Crippen molar-refractivity contribution in [2.45, 2.75) is 27.2 Å². The largest absolute Gasteiger partial charge is 0.373 e. The third-order valence-corrected chi connectivity index (χ3v) is 3.74. The number of nitrogens with zero attached hydrogens (tertiary/aromatic N) is 3. The first-order valence-electron chi connectivity index (χ1n) is 6.38. The van der Waals surface area contributed by atoms with Gasteiger partial charge in [-0.2, -0.15) is 0 Å². The van der Waals surface area contributed by atoms with Crippen LogP contribution in [0.2, 0.25) is 0 Å². The fraction of sp³-hybridized carbons (Fsp3) is 0.692. The van der Waals surface area contributed by atoms with Crippen LogP contribution in [0, 0.1) is 18.8 Å². The van der Waals surface area contributed by atoms with Crippen LogP contribution >= 0.6 is 0 Å². The Bertz CT molecular complexity index is 391. The molecule has 2 rings (SSSR count). The molecule has 1 aliphatic rings. The number of hydrogen-bond donors (Lipinski definition) is 1. The normalized spacial score (nSPS) is 24.8. The molecule has 0 spiro atoms. The van der Waals surface area contributed by atoms with Gasteiger partial charge in [0, 0.05) is 26.2 Å².